The molecule has 1 aliphatic carbocycles. The molecule has 0 aliphatic heterocycles. The van der Waals surface area contributed by atoms with Crippen LogP contribution in [0.4, 0.5) is 0 Å². The van der Waals surface area contributed by atoms with Gasteiger partial charge in [-0.2, -0.15) is 0 Å². The summed E-state index contributed by atoms with van der Waals surface area (Å²) in [5.74, 6) is -2.86. The molecule has 3 N–H and O–H groups in total. The molecule has 1 aliphatic rings. The molecule has 26 heavy (non-hydrogen) atoms. The molecule has 0 atom stereocenters. The Morgan fingerprint density at radius 1 is 0.731 bits per heavy atom. The molecule has 0 radical (unpaired) electrons. The summed E-state index contributed by atoms with van der Waals surface area (Å²) in [7, 11) is 0. The smallest absolute Gasteiger partial charge is 0.307 e. The summed E-state index contributed by atoms with van der Waals surface area (Å²) in [6.45, 7) is 0. The number of benzene rings is 2. The van der Waals surface area contributed by atoms with Crippen molar-refractivity contribution in [2.45, 2.75) is 32.1 Å². The van der Waals surface area contributed by atoms with E-state index >= 15 is 0 Å². The highest BCUT2D eigenvalue weighted by Gasteiger charge is 2.23. The van der Waals surface area contributed by atoms with E-state index in [1.165, 1.54) is 0 Å². The van der Waals surface area contributed by atoms with Crippen LogP contribution >= 0.6 is 0 Å². The molecule has 0 saturated heterocycles. The highest BCUT2D eigenvalue weighted by Crippen LogP contribution is 2.33. The van der Waals surface area contributed by atoms with Crippen molar-refractivity contribution in [3.63, 3.8) is 0 Å². The Labute approximate surface area is 149 Å². The lowest BCUT2D eigenvalue weighted by molar-refractivity contribution is -0.137. The molecular weight excluding hydrogens is 336 g/mol. The maximum atomic E-state index is 11.3. The summed E-state index contributed by atoms with van der Waals surface area (Å²) in [6, 6.07) is 9.01. The normalized spacial score (nSPS) is 12.2. The minimum atomic E-state index is -0.982. The standard InChI is InChI=1S/C20H18O6/c21-18(22)6-11-4-14-7-12-2-1-3-13(8-19(23)24)16(12)10-17(14)15(5-11)9-20(25)26/h1-5H,6-10H2,(H,21,22)(H,23,24)(H,25,26). The summed E-state index contributed by atoms with van der Waals surface area (Å²) in [6.07, 6.45) is 0.574. The quantitative estimate of drug-likeness (QED) is 0.625. The molecule has 2 aromatic carbocycles. The van der Waals surface area contributed by atoms with Gasteiger partial charge < -0.3 is 15.3 Å². The van der Waals surface area contributed by atoms with Crippen LogP contribution in [0.2, 0.25) is 0 Å². The first-order chi connectivity index (χ1) is 12.3. The van der Waals surface area contributed by atoms with Crippen LogP contribution in [-0.2, 0) is 46.5 Å². The van der Waals surface area contributed by atoms with Crippen molar-refractivity contribution in [3.05, 3.63) is 69.3 Å². The number of hydrogen-bond acceptors (Lipinski definition) is 3. The number of carbonyl (C=O) groups is 3. The van der Waals surface area contributed by atoms with Crippen molar-refractivity contribution < 1.29 is 29.7 Å². The first-order valence-corrected chi connectivity index (χ1v) is 8.22. The van der Waals surface area contributed by atoms with E-state index in [1.807, 2.05) is 18.2 Å². The summed E-state index contributed by atoms with van der Waals surface area (Å²) in [4.78, 5) is 33.4. The summed E-state index contributed by atoms with van der Waals surface area (Å²) < 4.78 is 0. The van der Waals surface area contributed by atoms with Crippen molar-refractivity contribution in [2.75, 3.05) is 0 Å². The Bertz CT molecular complexity index is 913. The molecule has 6 heteroatoms. The number of carboxylic acid groups (broad SMARTS) is 3. The zero-order valence-corrected chi connectivity index (χ0v) is 14.0. The third-order valence-electron chi connectivity index (χ3n) is 4.64. The minimum absolute atomic E-state index is 0.0795. The van der Waals surface area contributed by atoms with Crippen molar-refractivity contribution in [1.29, 1.82) is 0 Å². The number of rotatable bonds is 6. The molecular formula is C20H18O6. The van der Waals surface area contributed by atoms with Crippen LogP contribution in [0.1, 0.15) is 38.9 Å². The fourth-order valence-corrected chi connectivity index (χ4v) is 3.64. The van der Waals surface area contributed by atoms with Gasteiger partial charge in [-0.05, 0) is 51.8 Å². The summed E-state index contributed by atoms with van der Waals surface area (Å²) in [5.41, 5.74) is 5.63. The average Bonchev–Trinajstić information content (AvgIpc) is 2.52. The van der Waals surface area contributed by atoms with Gasteiger partial charge in [0, 0.05) is 0 Å². The zero-order chi connectivity index (χ0) is 18.8. The van der Waals surface area contributed by atoms with E-state index in [0.29, 0.717) is 24.0 Å². The fraction of sp³-hybridized carbons (Fsp3) is 0.250. The van der Waals surface area contributed by atoms with E-state index in [0.717, 1.165) is 27.8 Å². The van der Waals surface area contributed by atoms with Gasteiger partial charge >= 0.3 is 17.9 Å². The van der Waals surface area contributed by atoms with Crippen LogP contribution < -0.4 is 0 Å². The number of fused-ring (bicyclic) bond motifs is 2. The van der Waals surface area contributed by atoms with Gasteiger partial charge in [0.05, 0.1) is 19.3 Å². The summed E-state index contributed by atoms with van der Waals surface area (Å²) in [5, 5.41) is 27.4. The molecule has 134 valence electrons. The SMILES string of the molecule is O=C(O)Cc1cc(CC(=O)O)c2c(c1)Cc1cccc(CC(=O)O)c1C2. The third kappa shape index (κ3) is 3.74. The van der Waals surface area contributed by atoms with Gasteiger partial charge in [0.25, 0.3) is 0 Å². The lowest BCUT2D eigenvalue weighted by atomic mass is 9.79. The molecule has 0 amide bonds. The highest BCUT2D eigenvalue weighted by atomic mass is 16.4. The Morgan fingerprint density at radius 2 is 1.35 bits per heavy atom. The molecule has 0 aromatic heterocycles. The first-order valence-electron chi connectivity index (χ1n) is 8.22. The molecule has 0 bridgehead atoms. The third-order valence-corrected chi connectivity index (χ3v) is 4.64. The number of hydrogen-bond donors (Lipinski definition) is 3. The van der Waals surface area contributed by atoms with Crippen LogP contribution in [0.15, 0.2) is 30.3 Å². The predicted octanol–water partition coefficient (Wildman–Crippen LogP) is 2.06. The second-order valence-corrected chi connectivity index (χ2v) is 6.51. The molecule has 0 heterocycles. The number of aliphatic carboxylic acids is 3. The van der Waals surface area contributed by atoms with Crippen molar-refractivity contribution in [2.24, 2.45) is 0 Å². The van der Waals surface area contributed by atoms with Gasteiger partial charge in [-0.25, -0.2) is 0 Å². The Hall–Kier alpha value is -3.15. The van der Waals surface area contributed by atoms with Gasteiger partial charge in [-0.15, -0.1) is 0 Å². The van der Waals surface area contributed by atoms with E-state index in [1.54, 1.807) is 12.1 Å². The zero-order valence-electron chi connectivity index (χ0n) is 14.0. The highest BCUT2D eigenvalue weighted by molar-refractivity contribution is 5.74. The van der Waals surface area contributed by atoms with E-state index < -0.39 is 17.9 Å². The lowest BCUT2D eigenvalue weighted by Crippen LogP contribution is -2.16. The molecule has 0 saturated carbocycles. The van der Waals surface area contributed by atoms with Crippen molar-refractivity contribution in [1.82, 2.24) is 0 Å². The van der Waals surface area contributed by atoms with Crippen molar-refractivity contribution in [3.8, 4) is 0 Å². The lowest BCUT2D eigenvalue weighted by Gasteiger charge is -2.25. The van der Waals surface area contributed by atoms with Crippen molar-refractivity contribution >= 4 is 17.9 Å². The first kappa shape index (κ1) is 17.7. The van der Waals surface area contributed by atoms with E-state index in [2.05, 4.69) is 0 Å². The molecule has 3 rings (SSSR count). The van der Waals surface area contributed by atoms with Crippen LogP contribution in [0.5, 0.6) is 0 Å². The Balaban J connectivity index is 2.07. The Morgan fingerprint density at radius 3 is 2.00 bits per heavy atom. The van der Waals surface area contributed by atoms with Crippen LogP contribution in [0.25, 0.3) is 0 Å². The Kier molecular flexibility index (Phi) is 4.75. The molecule has 0 unspecified atom stereocenters. The fourth-order valence-electron chi connectivity index (χ4n) is 3.64. The molecule has 6 nitrogen and oxygen atoms in total. The maximum Gasteiger partial charge on any atom is 0.307 e. The number of carboxylic acids is 3. The predicted molar refractivity (Wildman–Crippen MR) is 92.5 cm³/mol. The van der Waals surface area contributed by atoms with E-state index in [9.17, 15) is 19.5 Å². The average molecular weight is 354 g/mol. The van der Waals surface area contributed by atoms with Gasteiger partial charge in [0.15, 0.2) is 0 Å². The van der Waals surface area contributed by atoms with Crippen LogP contribution in [0.3, 0.4) is 0 Å². The van der Waals surface area contributed by atoms with Crippen LogP contribution in [0, 0.1) is 0 Å². The molecule has 0 fully saturated rings. The van der Waals surface area contributed by atoms with Gasteiger partial charge in [0.1, 0.15) is 0 Å². The van der Waals surface area contributed by atoms with E-state index in [-0.39, 0.29) is 19.3 Å². The largest absolute Gasteiger partial charge is 0.481 e. The second kappa shape index (κ2) is 7.00. The minimum Gasteiger partial charge on any atom is -0.481 e. The van der Waals surface area contributed by atoms with Gasteiger partial charge in [-0.3, -0.25) is 14.4 Å². The monoisotopic (exact) mass is 354 g/mol. The topological polar surface area (TPSA) is 112 Å². The molecule has 0 spiro atoms. The second-order valence-electron chi connectivity index (χ2n) is 6.51. The summed E-state index contributed by atoms with van der Waals surface area (Å²) >= 11 is 0. The maximum absolute atomic E-state index is 11.3. The van der Waals surface area contributed by atoms with E-state index in [4.69, 9.17) is 10.2 Å². The van der Waals surface area contributed by atoms with Crippen LogP contribution in [-0.4, -0.2) is 33.2 Å². The van der Waals surface area contributed by atoms with Gasteiger partial charge in [-0.1, -0.05) is 30.3 Å². The van der Waals surface area contributed by atoms with Gasteiger partial charge in [0.2, 0.25) is 0 Å². The molecule has 2 aromatic rings.